The Labute approximate surface area is 133 Å². The number of rotatable bonds is 4. The fourth-order valence-electron chi connectivity index (χ4n) is 2.92. The average Bonchev–Trinajstić information content (AvgIpc) is 2.47. The molecule has 1 amide bonds. The molecular weight excluding hydrogens is 304 g/mol. The fourth-order valence-corrected chi connectivity index (χ4v) is 2.92. The highest BCUT2D eigenvalue weighted by Gasteiger charge is 2.38. The standard InChI is InChI=1S/C17H21F2NO3/c1-10-4-3-5-13(11(10)2)14(16(22)23)20-15(21)12-6-8-17(18,19)9-7-12/h3-5,12,14H,6-9H2,1-2H3,(H,20,21)(H,22,23). The summed E-state index contributed by atoms with van der Waals surface area (Å²) in [7, 11) is 0. The van der Waals surface area contributed by atoms with Crippen molar-refractivity contribution in [3.8, 4) is 0 Å². The van der Waals surface area contributed by atoms with Crippen molar-refractivity contribution in [1.82, 2.24) is 5.32 Å². The fraction of sp³-hybridized carbons (Fsp3) is 0.529. The Balaban J connectivity index is 2.13. The molecule has 0 bridgehead atoms. The molecule has 126 valence electrons. The molecule has 1 aliphatic carbocycles. The molecule has 2 rings (SSSR count). The summed E-state index contributed by atoms with van der Waals surface area (Å²) in [6.07, 6.45) is -0.492. The van der Waals surface area contributed by atoms with E-state index in [1.807, 2.05) is 13.0 Å². The minimum Gasteiger partial charge on any atom is -0.479 e. The number of carboxylic acid groups (broad SMARTS) is 1. The molecule has 1 aromatic rings. The largest absolute Gasteiger partial charge is 0.479 e. The van der Waals surface area contributed by atoms with Gasteiger partial charge in [0.05, 0.1) is 0 Å². The van der Waals surface area contributed by atoms with Crippen LogP contribution in [0.25, 0.3) is 0 Å². The van der Waals surface area contributed by atoms with Gasteiger partial charge in [0.2, 0.25) is 11.8 Å². The van der Waals surface area contributed by atoms with Crippen molar-refractivity contribution in [3.05, 3.63) is 34.9 Å². The minimum absolute atomic E-state index is 0.0813. The Kier molecular flexibility index (Phi) is 5.02. The van der Waals surface area contributed by atoms with Gasteiger partial charge < -0.3 is 10.4 Å². The van der Waals surface area contributed by atoms with Gasteiger partial charge in [0.25, 0.3) is 0 Å². The normalized spacial score (nSPS) is 19.1. The smallest absolute Gasteiger partial charge is 0.330 e. The Bertz CT molecular complexity index is 606. The number of amides is 1. The van der Waals surface area contributed by atoms with E-state index in [1.165, 1.54) is 0 Å². The second kappa shape index (κ2) is 6.64. The number of carbonyl (C=O) groups is 2. The molecule has 1 aromatic carbocycles. The molecule has 4 nitrogen and oxygen atoms in total. The van der Waals surface area contributed by atoms with E-state index >= 15 is 0 Å². The van der Waals surface area contributed by atoms with Crippen molar-refractivity contribution in [1.29, 1.82) is 0 Å². The number of alkyl halides is 2. The zero-order chi connectivity index (χ0) is 17.2. The van der Waals surface area contributed by atoms with Gasteiger partial charge in [-0.2, -0.15) is 0 Å². The first-order chi connectivity index (χ1) is 10.7. The van der Waals surface area contributed by atoms with Crippen LogP contribution in [0.2, 0.25) is 0 Å². The van der Waals surface area contributed by atoms with Crippen molar-refractivity contribution >= 4 is 11.9 Å². The summed E-state index contributed by atoms with van der Waals surface area (Å²) < 4.78 is 26.3. The zero-order valence-corrected chi connectivity index (χ0v) is 13.2. The highest BCUT2D eigenvalue weighted by Crippen LogP contribution is 2.36. The second-order valence-electron chi connectivity index (χ2n) is 6.20. The van der Waals surface area contributed by atoms with E-state index in [0.29, 0.717) is 5.56 Å². The average molecular weight is 325 g/mol. The lowest BCUT2D eigenvalue weighted by Gasteiger charge is -2.28. The van der Waals surface area contributed by atoms with Crippen LogP contribution in [0.15, 0.2) is 18.2 Å². The van der Waals surface area contributed by atoms with E-state index in [-0.39, 0.29) is 25.7 Å². The lowest BCUT2D eigenvalue weighted by Crippen LogP contribution is -2.40. The molecule has 0 spiro atoms. The van der Waals surface area contributed by atoms with Crippen molar-refractivity contribution in [2.24, 2.45) is 5.92 Å². The SMILES string of the molecule is Cc1cccc(C(NC(=O)C2CCC(F)(F)CC2)C(=O)O)c1C. The molecule has 0 heterocycles. The topological polar surface area (TPSA) is 66.4 Å². The van der Waals surface area contributed by atoms with Crippen molar-refractivity contribution < 1.29 is 23.5 Å². The number of benzene rings is 1. The Morgan fingerprint density at radius 3 is 2.43 bits per heavy atom. The molecule has 1 saturated carbocycles. The summed E-state index contributed by atoms with van der Waals surface area (Å²) in [5.74, 6) is -4.89. The van der Waals surface area contributed by atoms with Gasteiger partial charge in [-0.15, -0.1) is 0 Å². The van der Waals surface area contributed by atoms with Crippen molar-refractivity contribution in [2.45, 2.75) is 51.5 Å². The predicted octanol–water partition coefficient (Wildman–Crippen LogP) is 3.37. The maximum absolute atomic E-state index is 13.2. The third-order valence-electron chi connectivity index (χ3n) is 4.58. The molecule has 6 heteroatoms. The van der Waals surface area contributed by atoms with Crippen LogP contribution in [-0.4, -0.2) is 22.9 Å². The molecule has 23 heavy (non-hydrogen) atoms. The summed E-state index contributed by atoms with van der Waals surface area (Å²) >= 11 is 0. The van der Waals surface area contributed by atoms with Gasteiger partial charge in [-0.05, 0) is 43.4 Å². The van der Waals surface area contributed by atoms with Crippen LogP contribution in [0.3, 0.4) is 0 Å². The van der Waals surface area contributed by atoms with E-state index in [0.717, 1.165) is 11.1 Å². The number of hydrogen-bond donors (Lipinski definition) is 2. The van der Waals surface area contributed by atoms with Crippen molar-refractivity contribution in [3.63, 3.8) is 0 Å². The van der Waals surface area contributed by atoms with Crippen LogP contribution in [-0.2, 0) is 9.59 Å². The third-order valence-corrected chi connectivity index (χ3v) is 4.58. The Morgan fingerprint density at radius 1 is 1.26 bits per heavy atom. The van der Waals surface area contributed by atoms with Crippen LogP contribution >= 0.6 is 0 Å². The number of carbonyl (C=O) groups excluding carboxylic acids is 1. The summed E-state index contributed by atoms with van der Waals surface area (Å²) in [6.45, 7) is 3.66. The molecule has 1 fully saturated rings. The monoisotopic (exact) mass is 325 g/mol. The van der Waals surface area contributed by atoms with Crippen molar-refractivity contribution in [2.75, 3.05) is 0 Å². The molecule has 2 N–H and O–H groups in total. The van der Waals surface area contributed by atoms with E-state index in [2.05, 4.69) is 5.32 Å². The quantitative estimate of drug-likeness (QED) is 0.892. The van der Waals surface area contributed by atoms with Gasteiger partial charge >= 0.3 is 5.97 Å². The first-order valence-electron chi connectivity index (χ1n) is 7.68. The number of aliphatic carboxylic acids is 1. The van der Waals surface area contributed by atoms with E-state index in [1.54, 1.807) is 19.1 Å². The first-order valence-corrected chi connectivity index (χ1v) is 7.68. The number of nitrogens with one attached hydrogen (secondary N) is 1. The van der Waals surface area contributed by atoms with Gasteiger partial charge in [-0.25, -0.2) is 13.6 Å². The number of hydrogen-bond acceptors (Lipinski definition) is 2. The zero-order valence-electron chi connectivity index (χ0n) is 13.2. The van der Waals surface area contributed by atoms with Crippen LogP contribution in [0.4, 0.5) is 8.78 Å². The predicted molar refractivity (Wildman–Crippen MR) is 81.3 cm³/mol. The molecule has 0 saturated heterocycles. The second-order valence-corrected chi connectivity index (χ2v) is 6.20. The summed E-state index contributed by atoms with van der Waals surface area (Å²) in [6, 6.07) is 4.10. The number of halogens is 2. The molecule has 0 radical (unpaired) electrons. The van der Waals surface area contributed by atoms with E-state index in [4.69, 9.17) is 0 Å². The number of aryl methyl sites for hydroxylation is 1. The van der Waals surface area contributed by atoms with Gasteiger partial charge in [-0.1, -0.05) is 18.2 Å². The maximum atomic E-state index is 13.2. The Morgan fingerprint density at radius 2 is 1.87 bits per heavy atom. The highest BCUT2D eigenvalue weighted by atomic mass is 19.3. The molecule has 0 aliphatic heterocycles. The number of carboxylic acids is 1. The van der Waals surface area contributed by atoms with E-state index in [9.17, 15) is 23.5 Å². The Hall–Kier alpha value is -1.98. The van der Waals surface area contributed by atoms with E-state index < -0.39 is 29.8 Å². The van der Waals surface area contributed by atoms with Crippen LogP contribution in [0.5, 0.6) is 0 Å². The summed E-state index contributed by atoms with van der Waals surface area (Å²) in [5, 5.41) is 12.0. The lowest BCUT2D eigenvalue weighted by atomic mass is 9.86. The highest BCUT2D eigenvalue weighted by molar-refractivity contribution is 5.86. The molecule has 0 aromatic heterocycles. The van der Waals surface area contributed by atoms with Crippen LogP contribution in [0, 0.1) is 19.8 Å². The van der Waals surface area contributed by atoms with Gasteiger partial charge in [0.15, 0.2) is 6.04 Å². The maximum Gasteiger partial charge on any atom is 0.330 e. The van der Waals surface area contributed by atoms with Gasteiger partial charge in [0, 0.05) is 18.8 Å². The minimum atomic E-state index is -2.71. The summed E-state index contributed by atoms with van der Waals surface area (Å²) in [5.41, 5.74) is 2.25. The van der Waals surface area contributed by atoms with Crippen LogP contribution in [0.1, 0.15) is 48.4 Å². The van der Waals surface area contributed by atoms with Gasteiger partial charge in [-0.3, -0.25) is 4.79 Å². The molecular formula is C17H21F2NO3. The van der Waals surface area contributed by atoms with Crippen LogP contribution < -0.4 is 5.32 Å². The van der Waals surface area contributed by atoms with Gasteiger partial charge in [0.1, 0.15) is 0 Å². The lowest BCUT2D eigenvalue weighted by molar-refractivity contribution is -0.143. The third kappa shape index (κ3) is 4.06. The molecule has 1 unspecified atom stereocenters. The molecule has 1 atom stereocenters. The molecule has 1 aliphatic rings. The summed E-state index contributed by atoms with van der Waals surface area (Å²) in [4.78, 5) is 23.8. The first kappa shape index (κ1) is 17.4.